The Morgan fingerprint density at radius 3 is 2.75 bits per heavy atom. The van der Waals surface area contributed by atoms with Crippen molar-refractivity contribution < 1.29 is 4.74 Å². The summed E-state index contributed by atoms with van der Waals surface area (Å²) in [5, 5.41) is 7.57. The first-order valence-electron chi connectivity index (χ1n) is 5.91. The Labute approximate surface area is 98.0 Å². The van der Waals surface area contributed by atoms with E-state index in [-0.39, 0.29) is 5.54 Å². The van der Waals surface area contributed by atoms with Gasteiger partial charge in [0, 0.05) is 12.1 Å². The van der Waals surface area contributed by atoms with Crippen molar-refractivity contribution in [2.24, 2.45) is 0 Å². The van der Waals surface area contributed by atoms with Crippen molar-refractivity contribution in [2.45, 2.75) is 46.2 Å². The zero-order valence-corrected chi connectivity index (χ0v) is 10.8. The summed E-state index contributed by atoms with van der Waals surface area (Å²) in [6.45, 7) is 11.2. The van der Waals surface area contributed by atoms with Gasteiger partial charge in [-0.05, 0) is 40.7 Å². The molecule has 4 heteroatoms. The molecule has 0 aliphatic carbocycles. The van der Waals surface area contributed by atoms with Gasteiger partial charge in [0.25, 0.3) is 0 Å². The minimum atomic E-state index is 0.188. The van der Waals surface area contributed by atoms with E-state index >= 15 is 0 Å². The molecule has 0 radical (unpaired) electrons. The maximum absolute atomic E-state index is 5.58. The molecule has 0 saturated carbocycles. The smallest absolute Gasteiger partial charge is 0.157 e. The van der Waals surface area contributed by atoms with Crippen LogP contribution in [0.5, 0.6) is 5.75 Å². The maximum atomic E-state index is 5.58. The second kappa shape index (κ2) is 5.89. The first kappa shape index (κ1) is 13.0. The largest absolute Gasteiger partial charge is 0.490 e. The van der Waals surface area contributed by atoms with E-state index in [0.29, 0.717) is 0 Å². The summed E-state index contributed by atoms with van der Waals surface area (Å²) in [5.41, 5.74) is 0.188. The molecule has 1 aromatic heterocycles. The van der Waals surface area contributed by atoms with Crippen molar-refractivity contribution in [1.82, 2.24) is 15.1 Å². The van der Waals surface area contributed by atoms with E-state index in [0.717, 1.165) is 31.9 Å². The standard InChI is InChI=1S/C12H23N3O/c1-5-15-10-11(9-14-15)16-8-6-7-13-12(2,3)4/h9-10,13H,5-8H2,1-4H3. The molecular formula is C12H23N3O. The summed E-state index contributed by atoms with van der Waals surface area (Å²) in [6, 6.07) is 0. The number of ether oxygens (including phenoxy) is 1. The van der Waals surface area contributed by atoms with Crippen LogP contribution < -0.4 is 10.1 Å². The Morgan fingerprint density at radius 1 is 1.44 bits per heavy atom. The molecule has 0 fully saturated rings. The van der Waals surface area contributed by atoms with Gasteiger partial charge in [-0.2, -0.15) is 5.10 Å². The van der Waals surface area contributed by atoms with Crippen LogP contribution >= 0.6 is 0 Å². The fraction of sp³-hybridized carbons (Fsp3) is 0.750. The normalized spacial score (nSPS) is 11.8. The monoisotopic (exact) mass is 225 g/mol. The Hall–Kier alpha value is -1.03. The number of hydrogen-bond acceptors (Lipinski definition) is 3. The highest BCUT2D eigenvalue weighted by molar-refractivity contribution is 5.11. The van der Waals surface area contributed by atoms with E-state index < -0.39 is 0 Å². The average Bonchev–Trinajstić information content (AvgIpc) is 2.63. The lowest BCUT2D eigenvalue weighted by molar-refractivity contribution is 0.298. The SMILES string of the molecule is CCn1cc(OCCCNC(C)(C)C)cn1. The fourth-order valence-electron chi connectivity index (χ4n) is 1.32. The molecule has 0 aliphatic rings. The quantitative estimate of drug-likeness (QED) is 0.753. The van der Waals surface area contributed by atoms with Crippen molar-refractivity contribution in [3.8, 4) is 5.75 Å². The molecule has 0 unspecified atom stereocenters. The number of rotatable bonds is 6. The fourth-order valence-corrected chi connectivity index (χ4v) is 1.32. The van der Waals surface area contributed by atoms with E-state index in [1.54, 1.807) is 6.20 Å². The molecule has 0 aliphatic heterocycles. The molecule has 0 spiro atoms. The lowest BCUT2D eigenvalue weighted by Gasteiger charge is -2.20. The highest BCUT2D eigenvalue weighted by Gasteiger charge is 2.07. The Kier molecular flexibility index (Phi) is 4.80. The lowest BCUT2D eigenvalue weighted by Crippen LogP contribution is -2.36. The van der Waals surface area contributed by atoms with Crippen molar-refractivity contribution in [3.63, 3.8) is 0 Å². The number of aromatic nitrogens is 2. The van der Waals surface area contributed by atoms with Gasteiger partial charge in [-0.15, -0.1) is 0 Å². The predicted octanol–water partition coefficient (Wildman–Crippen LogP) is 2.06. The Bertz CT molecular complexity index is 301. The van der Waals surface area contributed by atoms with Crippen LogP contribution in [0.1, 0.15) is 34.1 Å². The van der Waals surface area contributed by atoms with Crippen LogP contribution in [0.25, 0.3) is 0 Å². The van der Waals surface area contributed by atoms with Gasteiger partial charge in [-0.1, -0.05) is 0 Å². The van der Waals surface area contributed by atoms with Crippen LogP contribution in [0, 0.1) is 0 Å². The van der Waals surface area contributed by atoms with E-state index in [1.807, 2.05) is 10.9 Å². The van der Waals surface area contributed by atoms with Crippen LogP contribution in [0.4, 0.5) is 0 Å². The van der Waals surface area contributed by atoms with E-state index in [2.05, 4.69) is 38.1 Å². The maximum Gasteiger partial charge on any atom is 0.157 e. The topological polar surface area (TPSA) is 39.1 Å². The molecule has 0 amide bonds. The second-order valence-electron chi connectivity index (χ2n) is 4.91. The number of aryl methyl sites for hydroxylation is 1. The molecule has 0 aromatic carbocycles. The van der Waals surface area contributed by atoms with Crippen LogP contribution in [0.2, 0.25) is 0 Å². The molecule has 16 heavy (non-hydrogen) atoms. The van der Waals surface area contributed by atoms with Gasteiger partial charge in [0.2, 0.25) is 0 Å². The number of hydrogen-bond donors (Lipinski definition) is 1. The van der Waals surface area contributed by atoms with Crippen LogP contribution in [-0.4, -0.2) is 28.5 Å². The third-order valence-electron chi connectivity index (χ3n) is 2.18. The minimum absolute atomic E-state index is 0.188. The molecular weight excluding hydrogens is 202 g/mol. The summed E-state index contributed by atoms with van der Waals surface area (Å²) < 4.78 is 7.44. The third kappa shape index (κ3) is 5.16. The molecule has 1 N–H and O–H groups in total. The second-order valence-corrected chi connectivity index (χ2v) is 4.91. The predicted molar refractivity (Wildman–Crippen MR) is 65.8 cm³/mol. The number of nitrogens with zero attached hydrogens (tertiary/aromatic N) is 2. The summed E-state index contributed by atoms with van der Waals surface area (Å²) in [6.07, 6.45) is 4.70. The van der Waals surface area contributed by atoms with Crippen molar-refractivity contribution >= 4 is 0 Å². The van der Waals surface area contributed by atoms with Gasteiger partial charge in [-0.3, -0.25) is 4.68 Å². The molecule has 0 saturated heterocycles. The van der Waals surface area contributed by atoms with Crippen molar-refractivity contribution in [1.29, 1.82) is 0 Å². The van der Waals surface area contributed by atoms with Gasteiger partial charge in [0.05, 0.1) is 19.0 Å². The van der Waals surface area contributed by atoms with Crippen LogP contribution in [0.15, 0.2) is 12.4 Å². The summed E-state index contributed by atoms with van der Waals surface area (Å²) >= 11 is 0. The molecule has 0 bridgehead atoms. The molecule has 1 heterocycles. The summed E-state index contributed by atoms with van der Waals surface area (Å²) in [7, 11) is 0. The van der Waals surface area contributed by atoms with E-state index in [4.69, 9.17) is 4.74 Å². The van der Waals surface area contributed by atoms with Crippen molar-refractivity contribution in [3.05, 3.63) is 12.4 Å². The van der Waals surface area contributed by atoms with Gasteiger partial charge >= 0.3 is 0 Å². The zero-order valence-electron chi connectivity index (χ0n) is 10.8. The third-order valence-corrected chi connectivity index (χ3v) is 2.18. The Morgan fingerprint density at radius 2 is 2.19 bits per heavy atom. The van der Waals surface area contributed by atoms with Gasteiger partial charge in [0.15, 0.2) is 5.75 Å². The first-order chi connectivity index (χ1) is 7.51. The molecule has 4 nitrogen and oxygen atoms in total. The van der Waals surface area contributed by atoms with E-state index in [1.165, 1.54) is 0 Å². The summed E-state index contributed by atoms with van der Waals surface area (Å²) in [4.78, 5) is 0. The highest BCUT2D eigenvalue weighted by Crippen LogP contribution is 2.08. The number of nitrogens with one attached hydrogen (secondary N) is 1. The summed E-state index contributed by atoms with van der Waals surface area (Å²) in [5.74, 6) is 0.859. The average molecular weight is 225 g/mol. The lowest BCUT2D eigenvalue weighted by atomic mass is 10.1. The van der Waals surface area contributed by atoms with Crippen molar-refractivity contribution in [2.75, 3.05) is 13.2 Å². The van der Waals surface area contributed by atoms with Gasteiger partial charge in [-0.25, -0.2) is 0 Å². The molecule has 92 valence electrons. The van der Waals surface area contributed by atoms with Crippen LogP contribution in [-0.2, 0) is 6.54 Å². The van der Waals surface area contributed by atoms with Crippen LogP contribution in [0.3, 0.4) is 0 Å². The minimum Gasteiger partial charge on any atom is -0.490 e. The highest BCUT2D eigenvalue weighted by atomic mass is 16.5. The molecule has 0 atom stereocenters. The molecule has 1 aromatic rings. The van der Waals surface area contributed by atoms with Gasteiger partial charge in [0.1, 0.15) is 0 Å². The van der Waals surface area contributed by atoms with E-state index in [9.17, 15) is 0 Å². The van der Waals surface area contributed by atoms with Gasteiger partial charge < -0.3 is 10.1 Å². The molecule has 1 rings (SSSR count). The Balaban J connectivity index is 2.11. The first-order valence-corrected chi connectivity index (χ1v) is 5.91. The zero-order chi connectivity index (χ0) is 12.0.